The summed E-state index contributed by atoms with van der Waals surface area (Å²) in [6.45, 7) is 4.31. The molecule has 0 aromatic heterocycles. The molecule has 0 saturated carbocycles. The van der Waals surface area contributed by atoms with Gasteiger partial charge < -0.3 is 0 Å². The summed E-state index contributed by atoms with van der Waals surface area (Å²) in [6, 6.07) is 9.66. The lowest BCUT2D eigenvalue weighted by Crippen LogP contribution is -1.84. The van der Waals surface area contributed by atoms with Gasteiger partial charge in [0.2, 0.25) is 0 Å². The second-order valence-corrected chi connectivity index (χ2v) is 2.99. The van der Waals surface area contributed by atoms with Crippen LogP contribution in [0.1, 0.15) is 30.9 Å². The molecule has 0 aliphatic heterocycles. The summed E-state index contributed by atoms with van der Waals surface area (Å²) in [6.07, 6.45) is 3.72. The number of rotatable bonds is 3. The molecule has 0 atom stereocenters. The van der Waals surface area contributed by atoms with E-state index in [4.69, 9.17) is 0 Å². The highest BCUT2D eigenvalue weighted by Gasteiger charge is 1.90. The molecular formula is C11H15. The van der Waals surface area contributed by atoms with Crippen LogP contribution in [-0.2, 0) is 6.42 Å². The molecule has 0 aliphatic rings. The highest BCUT2D eigenvalue weighted by atomic mass is 14.0. The molecule has 0 amide bonds. The van der Waals surface area contributed by atoms with Crippen LogP contribution in [-0.4, -0.2) is 0 Å². The normalized spacial score (nSPS) is 10.0. The SMILES string of the molecule is CCCCc1[c]cc(C)cc1. The molecule has 0 nitrogen and oxygen atoms in total. The lowest BCUT2D eigenvalue weighted by molar-refractivity contribution is 0.794. The van der Waals surface area contributed by atoms with E-state index in [0.717, 1.165) is 0 Å². The number of aryl methyl sites for hydroxylation is 2. The molecule has 0 fully saturated rings. The van der Waals surface area contributed by atoms with Crippen LogP contribution < -0.4 is 0 Å². The molecule has 1 radical (unpaired) electrons. The van der Waals surface area contributed by atoms with Crippen molar-refractivity contribution >= 4 is 0 Å². The average Bonchev–Trinajstić information content (AvgIpc) is 2.04. The Morgan fingerprint density at radius 1 is 1.36 bits per heavy atom. The maximum absolute atomic E-state index is 3.27. The average molecular weight is 147 g/mol. The molecule has 0 heterocycles. The Labute approximate surface area is 69.3 Å². The van der Waals surface area contributed by atoms with Gasteiger partial charge in [-0.3, -0.25) is 0 Å². The van der Waals surface area contributed by atoms with Crippen molar-refractivity contribution in [3.05, 3.63) is 35.4 Å². The van der Waals surface area contributed by atoms with Crippen LogP contribution >= 0.6 is 0 Å². The Morgan fingerprint density at radius 2 is 2.18 bits per heavy atom. The van der Waals surface area contributed by atoms with Crippen molar-refractivity contribution in [1.82, 2.24) is 0 Å². The first-order chi connectivity index (χ1) is 5.33. The quantitative estimate of drug-likeness (QED) is 0.616. The van der Waals surface area contributed by atoms with Gasteiger partial charge in [-0.05, 0) is 31.4 Å². The minimum Gasteiger partial charge on any atom is -0.0654 e. The lowest BCUT2D eigenvalue weighted by atomic mass is 10.1. The summed E-state index contributed by atoms with van der Waals surface area (Å²) < 4.78 is 0. The molecule has 1 aromatic carbocycles. The zero-order valence-electron chi connectivity index (χ0n) is 7.35. The number of benzene rings is 1. The van der Waals surface area contributed by atoms with Crippen molar-refractivity contribution in [2.45, 2.75) is 33.1 Å². The Bertz CT molecular complexity index is 196. The third-order valence-corrected chi connectivity index (χ3v) is 1.83. The highest BCUT2D eigenvalue weighted by Crippen LogP contribution is 2.05. The van der Waals surface area contributed by atoms with E-state index in [1.807, 2.05) is 0 Å². The Morgan fingerprint density at radius 3 is 2.73 bits per heavy atom. The molecule has 1 rings (SSSR count). The van der Waals surface area contributed by atoms with Crippen LogP contribution in [0.4, 0.5) is 0 Å². The van der Waals surface area contributed by atoms with E-state index in [-0.39, 0.29) is 0 Å². The third-order valence-electron chi connectivity index (χ3n) is 1.83. The van der Waals surface area contributed by atoms with E-state index >= 15 is 0 Å². The minimum absolute atomic E-state index is 1.18. The van der Waals surface area contributed by atoms with Gasteiger partial charge in [0.25, 0.3) is 0 Å². The molecule has 0 unspecified atom stereocenters. The van der Waals surface area contributed by atoms with Gasteiger partial charge in [-0.15, -0.1) is 0 Å². The first-order valence-electron chi connectivity index (χ1n) is 4.30. The van der Waals surface area contributed by atoms with Crippen LogP contribution in [0.15, 0.2) is 18.2 Å². The molecule has 0 N–H and O–H groups in total. The van der Waals surface area contributed by atoms with Gasteiger partial charge in [-0.25, -0.2) is 0 Å². The first-order valence-corrected chi connectivity index (χ1v) is 4.30. The fourth-order valence-corrected chi connectivity index (χ4v) is 1.06. The molecule has 0 heteroatoms. The predicted octanol–water partition coefficient (Wildman–Crippen LogP) is 3.14. The standard InChI is InChI=1S/C11H15/c1-3-4-5-11-8-6-10(2)7-9-11/h6-8H,3-5H2,1-2H3. The van der Waals surface area contributed by atoms with E-state index in [2.05, 4.69) is 38.1 Å². The van der Waals surface area contributed by atoms with Gasteiger partial charge in [0.15, 0.2) is 0 Å². The summed E-state index contributed by atoms with van der Waals surface area (Å²) >= 11 is 0. The second kappa shape index (κ2) is 4.17. The Balaban J connectivity index is 2.52. The van der Waals surface area contributed by atoms with Crippen molar-refractivity contribution in [3.8, 4) is 0 Å². The van der Waals surface area contributed by atoms with Crippen LogP contribution in [0.3, 0.4) is 0 Å². The molecule has 11 heavy (non-hydrogen) atoms. The number of hydrogen-bond acceptors (Lipinski definition) is 0. The van der Waals surface area contributed by atoms with Gasteiger partial charge in [-0.2, -0.15) is 0 Å². The van der Waals surface area contributed by atoms with Gasteiger partial charge >= 0.3 is 0 Å². The smallest absolute Gasteiger partial charge is 0.0146 e. The third kappa shape index (κ3) is 2.75. The van der Waals surface area contributed by atoms with Crippen molar-refractivity contribution in [2.75, 3.05) is 0 Å². The van der Waals surface area contributed by atoms with Crippen molar-refractivity contribution in [2.24, 2.45) is 0 Å². The van der Waals surface area contributed by atoms with E-state index in [0.29, 0.717) is 0 Å². The lowest BCUT2D eigenvalue weighted by Gasteiger charge is -1.98. The number of hydrogen-bond donors (Lipinski definition) is 0. The van der Waals surface area contributed by atoms with E-state index < -0.39 is 0 Å². The maximum atomic E-state index is 3.27. The largest absolute Gasteiger partial charge is 0.0654 e. The monoisotopic (exact) mass is 147 g/mol. The highest BCUT2D eigenvalue weighted by molar-refractivity contribution is 5.19. The molecular weight excluding hydrogens is 132 g/mol. The summed E-state index contributed by atoms with van der Waals surface area (Å²) in [4.78, 5) is 0. The zero-order valence-corrected chi connectivity index (χ0v) is 7.35. The zero-order chi connectivity index (χ0) is 8.10. The fraction of sp³-hybridized carbons (Fsp3) is 0.455. The van der Waals surface area contributed by atoms with Crippen LogP contribution in [0.2, 0.25) is 0 Å². The fourth-order valence-electron chi connectivity index (χ4n) is 1.06. The molecule has 0 bridgehead atoms. The van der Waals surface area contributed by atoms with E-state index in [9.17, 15) is 0 Å². The van der Waals surface area contributed by atoms with Crippen molar-refractivity contribution in [3.63, 3.8) is 0 Å². The molecule has 0 saturated heterocycles. The molecule has 0 aliphatic carbocycles. The summed E-state index contributed by atoms with van der Waals surface area (Å²) in [7, 11) is 0. The van der Waals surface area contributed by atoms with Crippen molar-refractivity contribution < 1.29 is 0 Å². The first kappa shape index (κ1) is 8.32. The Hall–Kier alpha value is -0.780. The molecule has 1 aromatic rings. The topological polar surface area (TPSA) is 0 Å². The van der Waals surface area contributed by atoms with Crippen LogP contribution in [0, 0.1) is 13.0 Å². The maximum Gasteiger partial charge on any atom is -0.0146 e. The second-order valence-electron chi connectivity index (χ2n) is 2.99. The number of unbranched alkanes of at least 4 members (excludes halogenated alkanes) is 1. The summed E-state index contributed by atoms with van der Waals surface area (Å²) in [5.74, 6) is 0. The minimum atomic E-state index is 1.18. The summed E-state index contributed by atoms with van der Waals surface area (Å²) in [5, 5.41) is 0. The van der Waals surface area contributed by atoms with Gasteiger partial charge in [-0.1, -0.05) is 37.1 Å². The van der Waals surface area contributed by atoms with Gasteiger partial charge in [0.1, 0.15) is 0 Å². The van der Waals surface area contributed by atoms with Crippen molar-refractivity contribution in [1.29, 1.82) is 0 Å². The van der Waals surface area contributed by atoms with Gasteiger partial charge in [0.05, 0.1) is 0 Å². The molecule has 59 valence electrons. The van der Waals surface area contributed by atoms with E-state index in [1.54, 1.807) is 0 Å². The predicted molar refractivity (Wildman–Crippen MR) is 48.6 cm³/mol. The van der Waals surface area contributed by atoms with E-state index in [1.165, 1.54) is 30.4 Å². The summed E-state index contributed by atoms with van der Waals surface area (Å²) in [5.41, 5.74) is 2.64. The Kier molecular flexibility index (Phi) is 3.15. The van der Waals surface area contributed by atoms with Crippen LogP contribution in [0.5, 0.6) is 0 Å². The molecule has 0 spiro atoms. The van der Waals surface area contributed by atoms with Crippen LogP contribution in [0.25, 0.3) is 0 Å². The van der Waals surface area contributed by atoms with Gasteiger partial charge in [0, 0.05) is 0 Å².